The van der Waals surface area contributed by atoms with Gasteiger partial charge in [-0.15, -0.1) is 11.3 Å². The second kappa shape index (κ2) is 8.77. The number of rotatable bonds is 7. The third kappa shape index (κ3) is 4.69. The molecule has 2 aromatic heterocycles. The maximum absolute atomic E-state index is 13.4. The molecule has 0 unspecified atom stereocenters. The monoisotopic (exact) mass is 487 g/mol. The Morgan fingerprint density at radius 1 is 1.16 bits per heavy atom. The van der Waals surface area contributed by atoms with Crippen LogP contribution in [0.4, 0.5) is 10.8 Å². The lowest BCUT2D eigenvalue weighted by atomic mass is 10.1. The summed E-state index contributed by atoms with van der Waals surface area (Å²) in [5.74, 6) is -0.410. The van der Waals surface area contributed by atoms with Crippen molar-refractivity contribution in [3.63, 3.8) is 0 Å². The van der Waals surface area contributed by atoms with E-state index in [0.29, 0.717) is 28.3 Å². The summed E-state index contributed by atoms with van der Waals surface area (Å²) in [7, 11) is -3.38. The number of nitro groups is 1. The van der Waals surface area contributed by atoms with Gasteiger partial charge in [0, 0.05) is 35.4 Å². The number of anilines is 1. The van der Waals surface area contributed by atoms with Crippen LogP contribution in [0, 0.1) is 10.1 Å². The van der Waals surface area contributed by atoms with Crippen LogP contribution in [0.25, 0.3) is 10.2 Å². The lowest BCUT2D eigenvalue weighted by Crippen LogP contribution is -2.32. The van der Waals surface area contributed by atoms with Gasteiger partial charge in [-0.05, 0) is 42.1 Å². The molecule has 0 aliphatic heterocycles. The Balaban J connectivity index is 1.74. The van der Waals surface area contributed by atoms with Gasteiger partial charge < -0.3 is 0 Å². The standard InChI is InChI=1S/C21H17N3O5S3/c1-32(28,29)17-7-8-18-19(13-17)31-21(22-18)23(10-9-16-6-3-11-30-16)20(25)14-4-2-5-15(12-14)24(26)27/h2-8,11-13H,9-10H2,1H3. The van der Waals surface area contributed by atoms with Crippen molar-refractivity contribution in [3.8, 4) is 0 Å². The molecule has 0 saturated heterocycles. The number of thiophene rings is 1. The first-order valence-electron chi connectivity index (χ1n) is 9.42. The molecule has 0 saturated carbocycles. The summed E-state index contributed by atoms with van der Waals surface area (Å²) < 4.78 is 24.4. The Bertz CT molecular complexity index is 1410. The third-order valence-electron chi connectivity index (χ3n) is 4.72. The van der Waals surface area contributed by atoms with Crippen molar-refractivity contribution in [2.45, 2.75) is 11.3 Å². The van der Waals surface area contributed by atoms with E-state index in [1.807, 2.05) is 17.5 Å². The highest BCUT2D eigenvalue weighted by molar-refractivity contribution is 7.90. The van der Waals surface area contributed by atoms with Crippen molar-refractivity contribution in [3.05, 3.63) is 80.5 Å². The molecule has 0 spiro atoms. The highest BCUT2D eigenvalue weighted by atomic mass is 32.2. The minimum Gasteiger partial charge on any atom is -0.284 e. The fraction of sp³-hybridized carbons (Fsp3) is 0.143. The van der Waals surface area contributed by atoms with E-state index in [9.17, 15) is 23.3 Å². The van der Waals surface area contributed by atoms with Crippen LogP contribution >= 0.6 is 22.7 Å². The number of thiazole rings is 1. The molecule has 0 fully saturated rings. The quantitative estimate of drug-likeness (QED) is 0.279. The lowest BCUT2D eigenvalue weighted by molar-refractivity contribution is -0.384. The summed E-state index contributed by atoms with van der Waals surface area (Å²) in [4.78, 5) is 31.3. The Morgan fingerprint density at radius 3 is 2.66 bits per heavy atom. The van der Waals surface area contributed by atoms with E-state index in [0.717, 1.165) is 11.1 Å². The van der Waals surface area contributed by atoms with Crippen molar-refractivity contribution >= 4 is 59.5 Å². The number of non-ortho nitro benzene ring substituents is 1. The average Bonchev–Trinajstić information content (AvgIpc) is 3.42. The smallest absolute Gasteiger partial charge is 0.270 e. The van der Waals surface area contributed by atoms with Gasteiger partial charge in [-0.1, -0.05) is 23.5 Å². The molecule has 32 heavy (non-hydrogen) atoms. The first-order chi connectivity index (χ1) is 15.2. The Morgan fingerprint density at radius 2 is 1.97 bits per heavy atom. The molecule has 0 aliphatic rings. The predicted octanol–water partition coefficient (Wildman–Crippen LogP) is 4.56. The number of aromatic nitrogens is 1. The summed E-state index contributed by atoms with van der Waals surface area (Å²) in [6.07, 6.45) is 1.72. The van der Waals surface area contributed by atoms with Gasteiger partial charge in [0.1, 0.15) is 0 Å². The van der Waals surface area contributed by atoms with Crippen LogP contribution < -0.4 is 4.90 Å². The summed E-state index contributed by atoms with van der Waals surface area (Å²) in [6.45, 7) is 0.320. The molecule has 0 bridgehead atoms. The molecular formula is C21H17N3O5S3. The predicted molar refractivity (Wildman–Crippen MR) is 126 cm³/mol. The number of nitro benzene ring substituents is 1. The number of sulfone groups is 1. The zero-order valence-corrected chi connectivity index (χ0v) is 19.2. The fourth-order valence-corrected chi connectivity index (χ4v) is 5.56. The first kappa shape index (κ1) is 22.1. The molecule has 8 nitrogen and oxygen atoms in total. The van der Waals surface area contributed by atoms with Crippen LogP contribution in [0.5, 0.6) is 0 Å². The van der Waals surface area contributed by atoms with E-state index in [4.69, 9.17) is 0 Å². The molecule has 164 valence electrons. The fourth-order valence-electron chi connectivity index (χ4n) is 3.11. The van der Waals surface area contributed by atoms with Crippen LogP contribution in [0.1, 0.15) is 15.2 Å². The number of hydrogen-bond donors (Lipinski definition) is 0. The number of carbonyl (C=O) groups excluding carboxylic acids is 1. The maximum atomic E-state index is 13.4. The second-order valence-corrected chi connectivity index (χ2v) is 11.0. The molecular weight excluding hydrogens is 470 g/mol. The zero-order valence-electron chi connectivity index (χ0n) is 16.8. The van der Waals surface area contributed by atoms with Gasteiger partial charge in [-0.25, -0.2) is 13.4 Å². The van der Waals surface area contributed by atoms with Gasteiger partial charge in [0.25, 0.3) is 11.6 Å². The van der Waals surface area contributed by atoms with Gasteiger partial charge in [-0.2, -0.15) is 0 Å². The number of benzene rings is 2. The van der Waals surface area contributed by atoms with Gasteiger partial charge in [0.2, 0.25) is 0 Å². The van der Waals surface area contributed by atoms with Crippen molar-refractivity contribution < 1.29 is 18.1 Å². The number of hydrogen-bond acceptors (Lipinski definition) is 8. The molecule has 2 aromatic carbocycles. The van der Waals surface area contributed by atoms with Crippen molar-refractivity contribution in [2.75, 3.05) is 17.7 Å². The largest absolute Gasteiger partial charge is 0.284 e. The number of carbonyl (C=O) groups is 1. The SMILES string of the molecule is CS(=O)(=O)c1ccc2nc(N(CCc3cccs3)C(=O)c3cccc([N+](=O)[O-])c3)sc2c1. The third-order valence-corrected chi connectivity index (χ3v) is 7.81. The number of amides is 1. The van der Waals surface area contributed by atoms with Crippen LogP contribution in [-0.4, -0.2) is 37.0 Å². The van der Waals surface area contributed by atoms with E-state index in [-0.39, 0.29) is 16.1 Å². The Kier molecular flexibility index (Phi) is 6.04. The van der Waals surface area contributed by atoms with Crippen LogP contribution in [0.2, 0.25) is 0 Å². The number of nitrogens with zero attached hydrogens (tertiary/aromatic N) is 3. The van der Waals surface area contributed by atoms with Crippen molar-refractivity contribution in [1.29, 1.82) is 0 Å². The van der Waals surface area contributed by atoms with Gasteiger partial charge in [-0.3, -0.25) is 19.8 Å². The molecule has 0 atom stereocenters. The molecule has 4 aromatic rings. The van der Waals surface area contributed by atoms with E-state index >= 15 is 0 Å². The van der Waals surface area contributed by atoms with Gasteiger partial charge in [0.15, 0.2) is 15.0 Å². The summed E-state index contributed by atoms with van der Waals surface area (Å²) in [6, 6.07) is 14.1. The van der Waals surface area contributed by atoms with Gasteiger partial charge >= 0.3 is 0 Å². The average molecular weight is 488 g/mol. The van der Waals surface area contributed by atoms with Crippen molar-refractivity contribution in [2.24, 2.45) is 0 Å². The Labute approximate surface area is 191 Å². The minimum atomic E-state index is -3.38. The zero-order chi connectivity index (χ0) is 22.9. The highest BCUT2D eigenvalue weighted by Crippen LogP contribution is 2.32. The Hall–Kier alpha value is -3.15. The lowest BCUT2D eigenvalue weighted by Gasteiger charge is -2.19. The van der Waals surface area contributed by atoms with E-state index in [1.165, 1.54) is 46.6 Å². The summed E-state index contributed by atoms with van der Waals surface area (Å²) in [5.41, 5.74) is 0.586. The molecule has 4 rings (SSSR count). The molecule has 0 N–H and O–H groups in total. The molecule has 11 heteroatoms. The van der Waals surface area contributed by atoms with Crippen molar-refractivity contribution in [1.82, 2.24) is 4.98 Å². The minimum absolute atomic E-state index is 0.170. The first-order valence-corrected chi connectivity index (χ1v) is 13.0. The highest BCUT2D eigenvalue weighted by Gasteiger charge is 2.23. The molecule has 2 heterocycles. The topological polar surface area (TPSA) is 110 Å². The summed E-state index contributed by atoms with van der Waals surface area (Å²) >= 11 is 2.78. The molecule has 0 radical (unpaired) electrons. The molecule has 0 aliphatic carbocycles. The van der Waals surface area contributed by atoms with E-state index in [2.05, 4.69) is 4.98 Å². The van der Waals surface area contributed by atoms with E-state index in [1.54, 1.807) is 23.5 Å². The van der Waals surface area contributed by atoms with Crippen LogP contribution in [0.3, 0.4) is 0 Å². The normalized spacial score (nSPS) is 11.5. The van der Waals surface area contributed by atoms with Crippen LogP contribution in [0.15, 0.2) is 64.9 Å². The van der Waals surface area contributed by atoms with Gasteiger partial charge in [0.05, 0.1) is 20.0 Å². The second-order valence-electron chi connectivity index (χ2n) is 6.99. The number of fused-ring (bicyclic) bond motifs is 1. The van der Waals surface area contributed by atoms with E-state index < -0.39 is 20.7 Å². The maximum Gasteiger partial charge on any atom is 0.270 e. The molecule has 1 amide bonds. The van der Waals surface area contributed by atoms with Crippen LogP contribution in [-0.2, 0) is 16.3 Å². The summed E-state index contributed by atoms with van der Waals surface area (Å²) in [5, 5.41) is 13.5.